The zero-order valence-electron chi connectivity index (χ0n) is 16.8. The Morgan fingerprint density at radius 2 is 1.83 bits per heavy atom. The molecule has 4 rings (SSSR count). The van der Waals surface area contributed by atoms with Gasteiger partial charge in [-0.25, -0.2) is 4.52 Å². The molecule has 0 atom stereocenters. The second-order valence-corrected chi connectivity index (χ2v) is 6.80. The van der Waals surface area contributed by atoms with Crippen molar-refractivity contribution in [1.82, 2.24) is 19.5 Å². The number of aromatic nitrogens is 3. The normalized spacial score (nSPS) is 11.1. The van der Waals surface area contributed by atoms with Crippen LogP contribution < -0.4 is 15.6 Å². The molecule has 0 aliphatic rings. The Balaban J connectivity index is 1.68. The van der Waals surface area contributed by atoms with E-state index in [0.717, 1.165) is 22.3 Å². The van der Waals surface area contributed by atoms with Crippen LogP contribution in [0.5, 0.6) is 5.75 Å². The molecule has 4 aromatic rings. The number of carbonyl (C=O) groups excluding carboxylic acids is 1. The zero-order chi connectivity index (χ0) is 21.1. The van der Waals surface area contributed by atoms with Crippen molar-refractivity contribution in [3.63, 3.8) is 0 Å². The van der Waals surface area contributed by atoms with Crippen molar-refractivity contribution in [1.29, 1.82) is 0 Å². The van der Waals surface area contributed by atoms with Crippen LogP contribution in [0.3, 0.4) is 0 Å². The molecule has 0 aliphatic carbocycles. The highest BCUT2D eigenvalue weighted by molar-refractivity contribution is 5.94. The minimum atomic E-state index is -0.353. The van der Waals surface area contributed by atoms with Gasteiger partial charge in [-0.1, -0.05) is 24.3 Å². The molecule has 0 bridgehead atoms. The maximum Gasteiger partial charge on any atom is 0.277 e. The number of carbonyl (C=O) groups is 1. The zero-order valence-corrected chi connectivity index (χ0v) is 16.8. The molecule has 0 saturated carbocycles. The summed E-state index contributed by atoms with van der Waals surface area (Å²) in [6, 6.07) is 16.4. The molecule has 0 spiro atoms. The number of fused-ring (bicyclic) bond motifs is 3. The lowest BCUT2D eigenvalue weighted by atomic mass is 10.2. The standard InChI is InChI=1S/C22H22N4O4/c1-29-11-10-25-18-8-3-4-9-19(18)26-20(22(25)28)13-17(24-26)21(27)23-14-15-6-5-7-16(12-15)30-2/h3-9,12-13H,10-11,14H2,1-2H3,(H,23,27). The molecule has 0 fully saturated rings. The van der Waals surface area contributed by atoms with Crippen molar-refractivity contribution in [3.8, 4) is 5.75 Å². The molecule has 154 valence electrons. The highest BCUT2D eigenvalue weighted by Gasteiger charge is 2.17. The molecular formula is C22H22N4O4. The van der Waals surface area contributed by atoms with E-state index < -0.39 is 0 Å². The minimum Gasteiger partial charge on any atom is -0.497 e. The average molecular weight is 406 g/mol. The summed E-state index contributed by atoms with van der Waals surface area (Å²) in [5.41, 5.74) is 2.69. The number of amides is 1. The Kier molecular flexibility index (Phi) is 5.49. The first-order chi connectivity index (χ1) is 14.6. The number of hydrogen-bond acceptors (Lipinski definition) is 5. The third-order valence-electron chi connectivity index (χ3n) is 4.91. The van der Waals surface area contributed by atoms with Gasteiger partial charge >= 0.3 is 0 Å². The van der Waals surface area contributed by atoms with E-state index in [1.54, 1.807) is 18.8 Å². The first-order valence-corrected chi connectivity index (χ1v) is 9.53. The van der Waals surface area contributed by atoms with Crippen LogP contribution in [-0.4, -0.2) is 40.9 Å². The molecule has 0 unspecified atom stereocenters. The van der Waals surface area contributed by atoms with Gasteiger partial charge in [-0.3, -0.25) is 9.59 Å². The highest BCUT2D eigenvalue weighted by Crippen LogP contribution is 2.16. The minimum absolute atomic E-state index is 0.185. The molecule has 2 aromatic carbocycles. The molecular weight excluding hydrogens is 384 g/mol. The van der Waals surface area contributed by atoms with Crippen LogP contribution in [0.25, 0.3) is 16.6 Å². The van der Waals surface area contributed by atoms with Gasteiger partial charge in [0.1, 0.15) is 11.3 Å². The number of hydrogen-bond donors (Lipinski definition) is 1. The van der Waals surface area contributed by atoms with E-state index in [1.165, 1.54) is 10.6 Å². The summed E-state index contributed by atoms with van der Waals surface area (Å²) in [5.74, 6) is 0.367. The second kappa shape index (κ2) is 8.38. The fourth-order valence-electron chi connectivity index (χ4n) is 3.41. The molecule has 8 nitrogen and oxygen atoms in total. The van der Waals surface area contributed by atoms with E-state index in [-0.39, 0.29) is 17.2 Å². The monoisotopic (exact) mass is 406 g/mol. The van der Waals surface area contributed by atoms with Gasteiger partial charge < -0.3 is 19.4 Å². The Morgan fingerprint density at radius 3 is 2.60 bits per heavy atom. The van der Waals surface area contributed by atoms with Gasteiger partial charge in [-0.2, -0.15) is 5.10 Å². The van der Waals surface area contributed by atoms with Gasteiger partial charge in [0.2, 0.25) is 0 Å². The first-order valence-electron chi connectivity index (χ1n) is 9.53. The predicted octanol–water partition coefficient (Wildman–Crippen LogP) is 2.23. The van der Waals surface area contributed by atoms with Gasteiger partial charge in [0.05, 0.1) is 24.8 Å². The molecule has 8 heteroatoms. The van der Waals surface area contributed by atoms with Crippen LogP contribution >= 0.6 is 0 Å². The van der Waals surface area contributed by atoms with Gasteiger partial charge in [-0.15, -0.1) is 0 Å². The molecule has 2 aromatic heterocycles. The van der Waals surface area contributed by atoms with Crippen molar-refractivity contribution in [3.05, 3.63) is 76.2 Å². The molecule has 1 N–H and O–H groups in total. The van der Waals surface area contributed by atoms with Crippen LogP contribution in [0.4, 0.5) is 0 Å². The topological polar surface area (TPSA) is 86.9 Å². The third-order valence-corrected chi connectivity index (χ3v) is 4.91. The highest BCUT2D eigenvalue weighted by atomic mass is 16.5. The Morgan fingerprint density at radius 1 is 1.03 bits per heavy atom. The maximum atomic E-state index is 13.0. The number of nitrogens with zero attached hydrogens (tertiary/aromatic N) is 3. The van der Waals surface area contributed by atoms with Gasteiger partial charge in [-0.05, 0) is 29.8 Å². The van der Waals surface area contributed by atoms with Crippen molar-refractivity contribution < 1.29 is 14.3 Å². The summed E-state index contributed by atoms with van der Waals surface area (Å²) in [7, 11) is 3.19. The summed E-state index contributed by atoms with van der Waals surface area (Å²) < 4.78 is 13.5. The molecule has 0 saturated heterocycles. The lowest BCUT2D eigenvalue weighted by Gasteiger charge is -2.11. The average Bonchev–Trinajstić information content (AvgIpc) is 3.24. The van der Waals surface area contributed by atoms with Crippen LogP contribution in [0.2, 0.25) is 0 Å². The van der Waals surface area contributed by atoms with Crippen molar-refractivity contribution in [2.45, 2.75) is 13.1 Å². The van der Waals surface area contributed by atoms with Crippen molar-refractivity contribution in [2.75, 3.05) is 20.8 Å². The lowest BCUT2D eigenvalue weighted by Crippen LogP contribution is -2.24. The van der Waals surface area contributed by atoms with E-state index >= 15 is 0 Å². The van der Waals surface area contributed by atoms with E-state index in [4.69, 9.17) is 9.47 Å². The quantitative estimate of drug-likeness (QED) is 0.509. The summed E-state index contributed by atoms with van der Waals surface area (Å²) in [4.78, 5) is 25.7. The van der Waals surface area contributed by atoms with E-state index in [2.05, 4.69) is 10.4 Å². The molecule has 0 radical (unpaired) electrons. The fourth-order valence-corrected chi connectivity index (χ4v) is 3.41. The number of nitrogens with one attached hydrogen (secondary N) is 1. The number of rotatable bonds is 7. The Bertz CT molecular complexity index is 1280. The van der Waals surface area contributed by atoms with E-state index in [0.29, 0.717) is 25.2 Å². The summed E-state index contributed by atoms with van der Waals surface area (Å²) in [5, 5.41) is 7.25. The smallest absolute Gasteiger partial charge is 0.277 e. The summed E-state index contributed by atoms with van der Waals surface area (Å²) in [6.07, 6.45) is 0. The molecule has 0 aliphatic heterocycles. The fraction of sp³-hybridized carbons (Fsp3) is 0.227. The lowest BCUT2D eigenvalue weighted by molar-refractivity contribution is 0.0945. The van der Waals surface area contributed by atoms with E-state index in [9.17, 15) is 9.59 Å². The number of para-hydroxylation sites is 2. The molecule has 30 heavy (non-hydrogen) atoms. The van der Waals surface area contributed by atoms with Crippen LogP contribution in [0.15, 0.2) is 59.4 Å². The van der Waals surface area contributed by atoms with Crippen molar-refractivity contribution >= 4 is 22.5 Å². The van der Waals surface area contributed by atoms with Gasteiger partial charge in [0.15, 0.2) is 5.69 Å². The van der Waals surface area contributed by atoms with Crippen LogP contribution in [-0.2, 0) is 17.8 Å². The van der Waals surface area contributed by atoms with Crippen LogP contribution in [0.1, 0.15) is 16.1 Å². The SMILES string of the molecule is COCCn1c(=O)c2cc(C(=O)NCc3cccc(OC)c3)nn2c2ccccc21. The molecule has 1 amide bonds. The number of methoxy groups -OCH3 is 2. The van der Waals surface area contributed by atoms with Crippen molar-refractivity contribution in [2.24, 2.45) is 0 Å². The third kappa shape index (κ3) is 3.65. The Hall–Kier alpha value is -3.65. The van der Waals surface area contributed by atoms with Gasteiger partial charge in [0.25, 0.3) is 11.5 Å². The number of ether oxygens (including phenoxy) is 2. The second-order valence-electron chi connectivity index (χ2n) is 6.80. The maximum absolute atomic E-state index is 13.0. The van der Waals surface area contributed by atoms with Crippen LogP contribution in [0, 0.1) is 0 Å². The predicted molar refractivity (Wildman–Crippen MR) is 113 cm³/mol. The van der Waals surface area contributed by atoms with E-state index in [1.807, 2.05) is 48.5 Å². The Labute approximate surface area is 172 Å². The number of benzene rings is 2. The summed E-state index contributed by atoms with van der Waals surface area (Å²) >= 11 is 0. The largest absolute Gasteiger partial charge is 0.497 e. The summed E-state index contributed by atoms with van der Waals surface area (Å²) in [6.45, 7) is 1.14. The molecule has 2 heterocycles. The van der Waals surface area contributed by atoms with Gasteiger partial charge in [0, 0.05) is 26.3 Å². The first kappa shape index (κ1) is 19.7.